The van der Waals surface area contributed by atoms with Crippen molar-refractivity contribution in [3.63, 3.8) is 0 Å². The van der Waals surface area contributed by atoms with Crippen LogP contribution in [-0.4, -0.2) is 59.6 Å². The lowest BCUT2D eigenvalue weighted by molar-refractivity contribution is 0.0945. The van der Waals surface area contributed by atoms with Gasteiger partial charge in [-0.3, -0.25) is 0 Å². The summed E-state index contributed by atoms with van der Waals surface area (Å²) in [6.45, 7) is 18.3. The lowest BCUT2D eigenvalue weighted by Gasteiger charge is -2.47. The Bertz CT molecular complexity index is 743. The maximum absolute atomic E-state index is 6.30. The van der Waals surface area contributed by atoms with Gasteiger partial charge in [-0.1, -0.05) is 20.8 Å². The van der Waals surface area contributed by atoms with E-state index in [9.17, 15) is 0 Å². The second-order valence-corrected chi connectivity index (χ2v) is 17.0. The van der Waals surface area contributed by atoms with Crippen molar-refractivity contribution in [1.29, 1.82) is 0 Å². The summed E-state index contributed by atoms with van der Waals surface area (Å²) in [7, 11) is 0.646. The van der Waals surface area contributed by atoms with E-state index in [2.05, 4.69) is 74.2 Å². The molecule has 0 bridgehead atoms. The van der Waals surface area contributed by atoms with Gasteiger partial charge in [0.1, 0.15) is 0 Å². The number of nitrogens with zero attached hydrogens (tertiary/aromatic N) is 2. The summed E-state index contributed by atoms with van der Waals surface area (Å²) < 4.78 is 6.30. The van der Waals surface area contributed by atoms with E-state index in [0.717, 1.165) is 37.4 Å². The van der Waals surface area contributed by atoms with Crippen LogP contribution in [0.3, 0.4) is 0 Å². The van der Waals surface area contributed by atoms with Gasteiger partial charge in [-0.05, 0) is 107 Å². The highest BCUT2D eigenvalue weighted by molar-refractivity contribution is 6.74. The van der Waals surface area contributed by atoms with Gasteiger partial charge in [0.15, 0.2) is 8.32 Å². The van der Waals surface area contributed by atoms with Gasteiger partial charge in [0.25, 0.3) is 0 Å². The lowest BCUT2D eigenvalue weighted by atomic mass is 9.71. The normalized spacial score (nSPS) is 19.8. The predicted molar refractivity (Wildman–Crippen MR) is 147 cm³/mol. The van der Waals surface area contributed by atoms with Crippen LogP contribution in [0, 0.1) is 5.41 Å². The molecule has 1 aromatic carbocycles. The topological polar surface area (TPSA) is 53.8 Å². The average Bonchev–Trinajstić information content (AvgIpc) is 2.76. The van der Waals surface area contributed by atoms with E-state index in [0.29, 0.717) is 10.5 Å². The number of likely N-dealkylation sites (tertiary alicyclic amines) is 1. The van der Waals surface area contributed by atoms with Crippen LogP contribution in [0.25, 0.3) is 0 Å². The Morgan fingerprint density at radius 3 is 2.27 bits per heavy atom. The van der Waals surface area contributed by atoms with E-state index in [1.165, 1.54) is 64.0 Å². The smallest absolute Gasteiger partial charge is 0.191 e. The maximum atomic E-state index is 6.30. The quantitative estimate of drug-likeness (QED) is 0.254. The monoisotopic (exact) mass is 474 g/mol. The molecule has 0 saturated carbocycles. The van der Waals surface area contributed by atoms with E-state index >= 15 is 0 Å². The molecule has 0 unspecified atom stereocenters. The molecule has 0 atom stereocenters. The molecule has 2 heterocycles. The minimum Gasteiger partial charge on any atom is -0.417 e. The summed E-state index contributed by atoms with van der Waals surface area (Å²) in [6, 6.07) is 6.54. The fourth-order valence-electron chi connectivity index (χ4n) is 4.90. The molecule has 1 spiro atoms. The Morgan fingerprint density at radius 2 is 1.64 bits per heavy atom. The Hall–Kier alpha value is -1.24. The van der Waals surface area contributed by atoms with Gasteiger partial charge in [-0.15, -0.1) is 0 Å². The van der Waals surface area contributed by atoms with Gasteiger partial charge in [0.2, 0.25) is 0 Å². The molecule has 0 radical (unpaired) electrons. The van der Waals surface area contributed by atoms with E-state index in [1.54, 1.807) is 0 Å². The van der Waals surface area contributed by atoms with Gasteiger partial charge in [0, 0.05) is 31.9 Å². The average molecular weight is 475 g/mol. The van der Waals surface area contributed by atoms with E-state index in [1.807, 2.05) is 0 Å². The minimum atomic E-state index is -1.61. The number of hydrogen-bond donors (Lipinski definition) is 2. The van der Waals surface area contributed by atoms with Crippen molar-refractivity contribution >= 4 is 25.4 Å². The van der Waals surface area contributed by atoms with Crippen molar-refractivity contribution in [2.45, 2.75) is 83.8 Å². The molecule has 3 rings (SSSR count). The summed E-state index contributed by atoms with van der Waals surface area (Å²) in [4.78, 5) is 5.05. The third-order valence-corrected chi connectivity index (χ3v) is 13.2. The molecule has 2 aliphatic rings. The van der Waals surface area contributed by atoms with E-state index in [-0.39, 0.29) is 0 Å². The Labute approximate surface area is 204 Å². The van der Waals surface area contributed by atoms with Crippen LogP contribution in [0.4, 0.5) is 17.1 Å². The Kier molecular flexibility index (Phi) is 8.79. The minimum absolute atomic E-state index is 0.291. The summed E-state index contributed by atoms with van der Waals surface area (Å²) in [5, 5.41) is 3.89. The highest BCUT2D eigenvalue weighted by atomic mass is 28.4. The number of nitrogens with two attached hydrogens (primary N) is 1. The summed E-state index contributed by atoms with van der Waals surface area (Å²) in [6.07, 6.45) is 8.85. The Morgan fingerprint density at radius 1 is 1.00 bits per heavy atom. The largest absolute Gasteiger partial charge is 0.417 e. The number of anilines is 3. The van der Waals surface area contributed by atoms with E-state index < -0.39 is 8.32 Å². The van der Waals surface area contributed by atoms with Crippen molar-refractivity contribution in [2.75, 3.05) is 62.3 Å². The number of nitrogen functional groups attached to an aromatic ring is 1. The van der Waals surface area contributed by atoms with Crippen molar-refractivity contribution in [3.8, 4) is 0 Å². The fraction of sp³-hybridized carbons (Fsp3) is 0.778. The molecule has 0 aromatic heterocycles. The van der Waals surface area contributed by atoms with Crippen molar-refractivity contribution in [3.05, 3.63) is 18.2 Å². The Balaban J connectivity index is 1.40. The third-order valence-electron chi connectivity index (χ3n) is 8.68. The predicted octanol–water partition coefficient (Wildman–Crippen LogP) is 6.19. The first-order chi connectivity index (χ1) is 15.5. The summed E-state index contributed by atoms with van der Waals surface area (Å²) in [5.41, 5.74) is 10.1. The van der Waals surface area contributed by atoms with E-state index in [4.69, 9.17) is 10.2 Å². The molecule has 0 amide bonds. The second kappa shape index (κ2) is 11.0. The standard InChI is InChI=1S/C27H50N4OSi/c1-26(2,3)33(5,6)32-21-9-7-8-16-29-25-22-23(10-11-24(25)28)31-19-14-27(15-20-31)12-17-30(4)18-13-27/h10-11,22,29H,7-9,12-21,28H2,1-6H3. The van der Waals surface area contributed by atoms with Crippen molar-refractivity contribution in [1.82, 2.24) is 4.90 Å². The van der Waals surface area contributed by atoms with Crippen LogP contribution in [-0.2, 0) is 4.43 Å². The van der Waals surface area contributed by atoms with Gasteiger partial charge in [-0.25, -0.2) is 0 Å². The number of nitrogens with one attached hydrogen (secondary N) is 1. The first-order valence-corrected chi connectivity index (χ1v) is 16.1. The zero-order chi connectivity index (χ0) is 24.1. The molecular weight excluding hydrogens is 424 g/mol. The highest BCUT2D eigenvalue weighted by Crippen LogP contribution is 2.42. The van der Waals surface area contributed by atoms with Gasteiger partial charge >= 0.3 is 0 Å². The number of piperidine rings is 2. The maximum Gasteiger partial charge on any atom is 0.191 e. The SMILES string of the molecule is CN1CCC2(CC1)CCN(c1ccc(N)c(NCCCCCO[Si](C)(C)C(C)(C)C)c1)CC2. The van der Waals surface area contributed by atoms with Crippen LogP contribution >= 0.6 is 0 Å². The summed E-state index contributed by atoms with van der Waals surface area (Å²) in [5.74, 6) is 0. The number of benzene rings is 1. The van der Waals surface area contributed by atoms with Crippen LogP contribution in [0.1, 0.15) is 65.7 Å². The molecule has 1 aromatic rings. The molecule has 33 heavy (non-hydrogen) atoms. The zero-order valence-electron chi connectivity index (χ0n) is 22.3. The molecule has 2 saturated heterocycles. The van der Waals surface area contributed by atoms with Crippen molar-refractivity contribution in [2.24, 2.45) is 5.41 Å². The van der Waals surface area contributed by atoms with Gasteiger partial charge < -0.3 is 25.3 Å². The van der Waals surface area contributed by atoms with Gasteiger partial charge in [0.05, 0.1) is 11.4 Å². The second-order valence-electron chi connectivity index (χ2n) is 12.2. The molecular formula is C27H50N4OSi. The van der Waals surface area contributed by atoms with Crippen molar-refractivity contribution < 1.29 is 4.43 Å². The van der Waals surface area contributed by atoms with Crippen LogP contribution in [0.15, 0.2) is 18.2 Å². The molecule has 188 valence electrons. The van der Waals surface area contributed by atoms with Crippen LogP contribution in [0.2, 0.25) is 18.1 Å². The summed E-state index contributed by atoms with van der Waals surface area (Å²) >= 11 is 0. The van der Waals surface area contributed by atoms with Crippen LogP contribution < -0.4 is 16.0 Å². The zero-order valence-corrected chi connectivity index (χ0v) is 23.3. The first-order valence-electron chi connectivity index (χ1n) is 13.2. The molecule has 0 aliphatic carbocycles. The molecule has 2 fully saturated rings. The number of hydrogen-bond acceptors (Lipinski definition) is 5. The molecule has 6 heteroatoms. The van der Waals surface area contributed by atoms with Crippen LogP contribution in [0.5, 0.6) is 0 Å². The first kappa shape index (κ1) is 26.4. The number of unbranched alkanes of at least 4 members (excludes halogenated alkanes) is 2. The number of rotatable bonds is 9. The third kappa shape index (κ3) is 7.12. The fourth-order valence-corrected chi connectivity index (χ4v) is 5.98. The molecule has 5 nitrogen and oxygen atoms in total. The molecule has 3 N–H and O–H groups in total. The highest BCUT2D eigenvalue weighted by Gasteiger charge is 2.37. The van der Waals surface area contributed by atoms with Gasteiger partial charge in [-0.2, -0.15) is 0 Å². The lowest BCUT2D eigenvalue weighted by Crippen LogP contribution is -2.46. The molecule has 2 aliphatic heterocycles.